The molecule has 0 radical (unpaired) electrons. The van der Waals surface area contributed by atoms with Gasteiger partial charge in [0.15, 0.2) is 0 Å². The van der Waals surface area contributed by atoms with E-state index < -0.39 is 12.1 Å². The van der Waals surface area contributed by atoms with Gasteiger partial charge in [-0.15, -0.1) is 5.10 Å². The van der Waals surface area contributed by atoms with Gasteiger partial charge in [0, 0.05) is 25.4 Å². The number of carbonyl (C=O) groups is 3. The second kappa shape index (κ2) is 9.57. The lowest BCUT2D eigenvalue weighted by atomic mass is 9.94. The quantitative estimate of drug-likeness (QED) is 0.453. The second-order valence-electron chi connectivity index (χ2n) is 8.82. The summed E-state index contributed by atoms with van der Waals surface area (Å²) >= 11 is 0. The lowest BCUT2D eigenvalue weighted by Crippen LogP contribution is -2.50. The van der Waals surface area contributed by atoms with E-state index in [4.69, 9.17) is 9.84 Å². The van der Waals surface area contributed by atoms with Gasteiger partial charge in [-0.05, 0) is 41.0 Å². The number of amides is 2. The van der Waals surface area contributed by atoms with Gasteiger partial charge in [0.05, 0.1) is 0 Å². The van der Waals surface area contributed by atoms with E-state index in [2.05, 4.69) is 32.6 Å². The Kier molecular flexibility index (Phi) is 6.17. The van der Waals surface area contributed by atoms with E-state index in [1.54, 1.807) is 4.90 Å². The predicted molar refractivity (Wildman–Crippen MR) is 126 cm³/mol. The van der Waals surface area contributed by atoms with Crippen LogP contribution in [0.5, 0.6) is 0 Å². The second-order valence-corrected chi connectivity index (χ2v) is 8.82. The minimum Gasteiger partial charge on any atom is -0.481 e. The third kappa shape index (κ3) is 4.72. The van der Waals surface area contributed by atoms with Crippen LogP contribution in [0.25, 0.3) is 11.1 Å². The first kappa shape index (κ1) is 22.6. The first-order valence-electron chi connectivity index (χ1n) is 11.5. The summed E-state index contributed by atoms with van der Waals surface area (Å²) in [4.78, 5) is 41.2. The number of rotatable bonds is 8. The van der Waals surface area contributed by atoms with E-state index in [0.717, 1.165) is 28.7 Å². The fraction of sp³-hybridized carbons (Fsp3) is 0.320. The molecule has 1 aliphatic carbocycles. The van der Waals surface area contributed by atoms with E-state index in [9.17, 15) is 14.4 Å². The number of carboxylic acid groups (broad SMARTS) is 1. The van der Waals surface area contributed by atoms with Gasteiger partial charge in [-0.3, -0.25) is 20.0 Å². The van der Waals surface area contributed by atoms with Gasteiger partial charge in [-0.1, -0.05) is 48.5 Å². The molecular weight excluding hydrogens is 450 g/mol. The minimum absolute atomic E-state index is 0.0305. The predicted octanol–water partition coefficient (Wildman–Crippen LogP) is 3.49. The molecule has 2 amide bonds. The van der Waals surface area contributed by atoms with Crippen LogP contribution in [-0.4, -0.2) is 62.9 Å². The first-order valence-corrected chi connectivity index (χ1v) is 11.5. The van der Waals surface area contributed by atoms with Crippen molar-refractivity contribution in [2.45, 2.75) is 25.2 Å². The molecule has 2 heterocycles. The standard InChI is InChI=1S/C25H25N5O5/c31-21(32)11-5-6-15-12-30(13-15)23(33)22-26-24(29-28-22)27-25(34)35-14-20-18-9-3-1-7-16(18)17-8-2-4-10-19(17)20/h1-4,7-10,15,20H,5-6,11-14H2,(H,31,32)(H2,26,27,28,29,34). The first-order chi connectivity index (χ1) is 17.0. The molecule has 3 aromatic rings. The number of ether oxygens (including phenoxy) is 1. The monoisotopic (exact) mass is 475 g/mol. The Morgan fingerprint density at radius 2 is 1.71 bits per heavy atom. The Balaban J connectivity index is 1.12. The Morgan fingerprint density at radius 1 is 1.06 bits per heavy atom. The van der Waals surface area contributed by atoms with E-state index in [1.165, 1.54) is 0 Å². The molecule has 3 N–H and O–H groups in total. The highest BCUT2D eigenvalue weighted by Crippen LogP contribution is 2.44. The third-order valence-electron chi connectivity index (χ3n) is 6.49. The van der Waals surface area contributed by atoms with Crippen molar-refractivity contribution in [3.8, 4) is 11.1 Å². The summed E-state index contributed by atoms with van der Waals surface area (Å²) in [5.74, 6) is -0.901. The van der Waals surface area contributed by atoms with Crippen LogP contribution in [0.15, 0.2) is 48.5 Å². The molecule has 5 rings (SSSR count). The molecule has 35 heavy (non-hydrogen) atoms. The van der Waals surface area contributed by atoms with E-state index in [0.29, 0.717) is 25.4 Å². The van der Waals surface area contributed by atoms with Crippen LogP contribution in [0.1, 0.15) is 46.9 Å². The van der Waals surface area contributed by atoms with Crippen molar-refractivity contribution in [2.24, 2.45) is 5.92 Å². The number of fused-ring (bicyclic) bond motifs is 3. The number of nitrogens with zero attached hydrogens (tertiary/aromatic N) is 3. The Morgan fingerprint density at radius 3 is 2.37 bits per heavy atom. The zero-order chi connectivity index (χ0) is 24.4. The van der Waals surface area contributed by atoms with Crippen LogP contribution >= 0.6 is 0 Å². The summed E-state index contributed by atoms with van der Waals surface area (Å²) < 4.78 is 5.48. The van der Waals surface area contributed by atoms with Gasteiger partial charge < -0.3 is 14.7 Å². The van der Waals surface area contributed by atoms with Crippen LogP contribution in [0.2, 0.25) is 0 Å². The highest BCUT2D eigenvalue weighted by Gasteiger charge is 2.33. The van der Waals surface area contributed by atoms with Gasteiger partial charge >= 0.3 is 12.1 Å². The number of aromatic nitrogens is 3. The van der Waals surface area contributed by atoms with Crippen molar-refractivity contribution < 1.29 is 24.2 Å². The van der Waals surface area contributed by atoms with Crippen LogP contribution in [-0.2, 0) is 9.53 Å². The van der Waals surface area contributed by atoms with Gasteiger partial charge in [0.2, 0.25) is 5.82 Å². The van der Waals surface area contributed by atoms with Crippen LogP contribution in [0, 0.1) is 5.92 Å². The highest BCUT2D eigenvalue weighted by molar-refractivity contribution is 5.92. The number of aliphatic carboxylic acids is 1. The maximum Gasteiger partial charge on any atom is 0.414 e. The van der Waals surface area contributed by atoms with Crippen molar-refractivity contribution in [3.63, 3.8) is 0 Å². The molecule has 10 heteroatoms. The number of carbonyl (C=O) groups excluding carboxylic acids is 2. The number of hydrogen-bond acceptors (Lipinski definition) is 6. The number of nitrogens with one attached hydrogen (secondary N) is 2. The number of H-pyrrole nitrogens is 1. The smallest absolute Gasteiger partial charge is 0.414 e. The maximum atomic E-state index is 12.5. The van der Waals surface area contributed by atoms with E-state index in [1.807, 2.05) is 36.4 Å². The summed E-state index contributed by atoms with van der Waals surface area (Å²) in [6.07, 6.45) is 0.796. The summed E-state index contributed by atoms with van der Waals surface area (Å²) in [7, 11) is 0. The molecule has 0 bridgehead atoms. The number of likely N-dealkylation sites (tertiary alicyclic amines) is 1. The molecule has 1 aliphatic heterocycles. The average molecular weight is 476 g/mol. The van der Waals surface area contributed by atoms with Crippen molar-refractivity contribution >= 4 is 23.9 Å². The number of anilines is 1. The number of hydrogen-bond donors (Lipinski definition) is 3. The van der Waals surface area contributed by atoms with Gasteiger partial charge in [0.1, 0.15) is 6.61 Å². The Bertz CT molecular complexity index is 1220. The molecule has 2 aromatic carbocycles. The molecule has 1 fully saturated rings. The molecule has 1 aromatic heterocycles. The molecule has 0 saturated carbocycles. The van der Waals surface area contributed by atoms with E-state index >= 15 is 0 Å². The van der Waals surface area contributed by atoms with Crippen molar-refractivity contribution in [2.75, 3.05) is 25.0 Å². The van der Waals surface area contributed by atoms with Gasteiger partial charge in [-0.2, -0.15) is 4.98 Å². The molecule has 0 unspecified atom stereocenters. The van der Waals surface area contributed by atoms with E-state index in [-0.39, 0.29) is 36.6 Å². The molecule has 2 aliphatic rings. The molecule has 0 atom stereocenters. The summed E-state index contributed by atoms with van der Waals surface area (Å²) in [5, 5.41) is 17.6. The molecular formula is C25H25N5O5. The number of carboxylic acids is 1. The van der Waals surface area contributed by atoms with Crippen molar-refractivity contribution in [1.29, 1.82) is 0 Å². The lowest BCUT2D eigenvalue weighted by Gasteiger charge is -2.38. The van der Waals surface area contributed by atoms with Crippen LogP contribution in [0.4, 0.5) is 10.7 Å². The fourth-order valence-corrected chi connectivity index (χ4v) is 4.75. The minimum atomic E-state index is -0.810. The molecule has 10 nitrogen and oxygen atoms in total. The maximum absolute atomic E-state index is 12.5. The Hall–Kier alpha value is -4.21. The molecule has 0 spiro atoms. The summed E-state index contributed by atoms with van der Waals surface area (Å²) in [5.41, 5.74) is 4.51. The van der Waals surface area contributed by atoms with Crippen molar-refractivity contribution in [1.82, 2.24) is 20.1 Å². The highest BCUT2D eigenvalue weighted by atomic mass is 16.5. The zero-order valence-electron chi connectivity index (χ0n) is 18.9. The van der Waals surface area contributed by atoms with Crippen LogP contribution < -0.4 is 5.32 Å². The topological polar surface area (TPSA) is 138 Å². The molecule has 180 valence electrons. The number of aromatic amines is 1. The largest absolute Gasteiger partial charge is 0.481 e. The van der Waals surface area contributed by atoms with Crippen molar-refractivity contribution in [3.05, 3.63) is 65.5 Å². The fourth-order valence-electron chi connectivity index (χ4n) is 4.75. The summed E-state index contributed by atoms with van der Waals surface area (Å²) in [6.45, 7) is 1.26. The SMILES string of the molecule is O=C(O)CCCC1CN(C(=O)c2nc(NC(=O)OCC3c4ccccc4-c4ccccc43)n[nH]2)C1. The van der Waals surface area contributed by atoms with Gasteiger partial charge in [-0.25, -0.2) is 4.79 Å². The van der Waals surface area contributed by atoms with Gasteiger partial charge in [0.25, 0.3) is 11.9 Å². The third-order valence-corrected chi connectivity index (χ3v) is 6.49. The summed E-state index contributed by atoms with van der Waals surface area (Å²) in [6, 6.07) is 16.1. The zero-order valence-corrected chi connectivity index (χ0v) is 18.9. The van der Waals surface area contributed by atoms with Crippen LogP contribution in [0.3, 0.4) is 0 Å². The average Bonchev–Trinajstić information content (AvgIpc) is 3.41. The number of benzene rings is 2. The Labute approximate surface area is 201 Å². The molecule has 1 saturated heterocycles. The normalized spacial score (nSPS) is 14.7. The lowest BCUT2D eigenvalue weighted by molar-refractivity contribution is -0.137.